The molecule has 4 nitrogen and oxygen atoms in total. The highest BCUT2D eigenvalue weighted by Crippen LogP contribution is 2.30. The molecule has 1 rings (SSSR count). The van der Waals surface area contributed by atoms with Gasteiger partial charge in [0.1, 0.15) is 11.4 Å². The van der Waals surface area contributed by atoms with Crippen molar-refractivity contribution in [3.8, 4) is 0 Å². The zero-order valence-electron chi connectivity index (χ0n) is 11.4. The molecule has 0 aliphatic heterocycles. The predicted molar refractivity (Wildman–Crippen MR) is 68.2 cm³/mol. The maximum atomic E-state index is 11.8. The third-order valence-corrected chi connectivity index (χ3v) is 3.39. The zero-order chi connectivity index (χ0) is 13.1. The van der Waals surface area contributed by atoms with Gasteiger partial charge in [-0.1, -0.05) is 13.8 Å². The molecule has 1 N–H and O–H groups in total. The Balaban J connectivity index is 3.33. The van der Waals surface area contributed by atoms with E-state index in [2.05, 4.69) is 9.97 Å². The van der Waals surface area contributed by atoms with E-state index < -0.39 is 5.60 Å². The lowest BCUT2D eigenvalue weighted by Crippen LogP contribution is -2.34. The molecule has 0 amide bonds. The molecule has 1 heterocycles. The van der Waals surface area contributed by atoms with Crippen LogP contribution in [0.1, 0.15) is 50.7 Å². The van der Waals surface area contributed by atoms with Crippen molar-refractivity contribution in [3.63, 3.8) is 0 Å². The van der Waals surface area contributed by atoms with Gasteiger partial charge in [-0.25, -0.2) is 4.98 Å². The van der Waals surface area contributed by atoms with Gasteiger partial charge in [-0.05, 0) is 33.6 Å². The molecule has 0 saturated heterocycles. The van der Waals surface area contributed by atoms with Gasteiger partial charge in [-0.15, -0.1) is 0 Å². The molecule has 0 atom stereocenters. The van der Waals surface area contributed by atoms with Crippen LogP contribution in [0, 0.1) is 13.8 Å². The SMILES string of the molecule is CCOC(CC)(CC)c1nc(C)c(C)c(=O)[nH]1. The number of ether oxygens (including phenoxy) is 1. The molecular weight excluding hydrogens is 216 g/mol. The molecule has 4 heteroatoms. The summed E-state index contributed by atoms with van der Waals surface area (Å²) in [6.07, 6.45) is 1.59. The van der Waals surface area contributed by atoms with Gasteiger partial charge in [-0.2, -0.15) is 0 Å². The van der Waals surface area contributed by atoms with Gasteiger partial charge in [0.25, 0.3) is 5.56 Å². The second-order valence-corrected chi connectivity index (χ2v) is 4.26. The first kappa shape index (κ1) is 13.9. The minimum absolute atomic E-state index is 0.0709. The second kappa shape index (κ2) is 5.45. The van der Waals surface area contributed by atoms with Gasteiger partial charge in [0.15, 0.2) is 0 Å². The summed E-state index contributed by atoms with van der Waals surface area (Å²) in [5.74, 6) is 0.650. The van der Waals surface area contributed by atoms with E-state index >= 15 is 0 Å². The quantitative estimate of drug-likeness (QED) is 0.857. The summed E-state index contributed by atoms with van der Waals surface area (Å²) in [6, 6.07) is 0. The van der Waals surface area contributed by atoms with E-state index in [1.165, 1.54) is 0 Å². The van der Waals surface area contributed by atoms with Crippen molar-refractivity contribution in [2.45, 2.75) is 53.1 Å². The van der Waals surface area contributed by atoms with E-state index in [1.54, 1.807) is 6.92 Å². The smallest absolute Gasteiger partial charge is 0.254 e. The van der Waals surface area contributed by atoms with Crippen molar-refractivity contribution in [2.75, 3.05) is 6.61 Å². The van der Waals surface area contributed by atoms with Crippen molar-refractivity contribution in [3.05, 3.63) is 27.4 Å². The Labute approximate surface area is 102 Å². The topological polar surface area (TPSA) is 55.0 Å². The highest BCUT2D eigenvalue weighted by molar-refractivity contribution is 5.16. The maximum absolute atomic E-state index is 11.8. The molecule has 0 aliphatic rings. The molecule has 0 aromatic carbocycles. The molecule has 0 fully saturated rings. The summed E-state index contributed by atoms with van der Waals surface area (Å²) in [4.78, 5) is 19.1. The molecule has 17 heavy (non-hydrogen) atoms. The number of aryl methyl sites for hydroxylation is 1. The lowest BCUT2D eigenvalue weighted by molar-refractivity contribution is -0.0574. The van der Waals surface area contributed by atoms with Crippen LogP contribution in [0.4, 0.5) is 0 Å². The third-order valence-electron chi connectivity index (χ3n) is 3.39. The lowest BCUT2D eigenvalue weighted by Gasteiger charge is -2.30. The third kappa shape index (κ3) is 2.57. The summed E-state index contributed by atoms with van der Waals surface area (Å²) in [5.41, 5.74) is 0.909. The van der Waals surface area contributed by atoms with Crippen molar-refractivity contribution in [2.24, 2.45) is 0 Å². The number of H-pyrrole nitrogens is 1. The Kier molecular flexibility index (Phi) is 4.46. The van der Waals surface area contributed by atoms with Gasteiger partial charge in [0.05, 0.1) is 0 Å². The van der Waals surface area contributed by atoms with Crippen LogP contribution in [-0.2, 0) is 10.3 Å². The molecule has 1 aromatic rings. The van der Waals surface area contributed by atoms with Crippen LogP contribution >= 0.6 is 0 Å². The molecule has 96 valence electrons. The highest BCUT2D eigenvalue weighted by Gasteiger charge is 2.32. The van der Waals surface area contributed by atoms with Gasteiger partial charge in [0, 0.05) is 17.9 Å². The Morgan fingerprint density at radius 1 is 1.24 bits per heavy atom. The van der Waals surface area contributed by atoms with Crippen molar-refractivity contribution in [1.29, 1.82) is 0 Å². The largest absolute Gasteiger partial charge is 0.367 e. The van der Waals surface area contributed by atoms with Crippen LogP contribution in [-0.4, -0.2) is 16.6 Å². The zero-order valence-corrected chi connectivity index (χ0v) is 11.4. The number of aromatic amines is 1. The molecule has 0 bridgehead atoms. The highest BCUT2D eigenvalue weighted by atomic mass is 16.5. The van der Waals surface area contributed by atoms with Crippen LogP contribution < -0.4 is 5.56 Å². The van der Waals surface area contributed by atoms with Crippen LogP contribution in [0.5, 0.6) is 0 Å². The van der Waals surface area contributed by atoms with Crippen LogP contribution in [0.2, 0.25) is 0 Å². The summed E-state index contributed by atoms with van der Waals surface area (Å²) < 4.78 is 5.83. The molecule has 0 aliphatic carbocycles. The standard InChI is InChI=1S/C13H22N2O2/c1-6-13(7-2,17-8-3)12-14-10(5)9(4)11(16)15-12/h6-8H2,1-5H3,(H,14,15,16). The minimum atomic E-state index is -0.466. The van der Waals surface area contributed by atoms with E-state index in [-0.39, 0.29) is 5.56 Å². The normalized spacial score (nSPS) is 11.8. The van der Waals surface area contributed by atoms with E-state index in [1.807, 2.05) is 27.7 Å². The van der Waals surface area contributed by atoms with Crippen LogP contribution in [0.3, 0.4) is 0 Å². The van der Waals surface area contributed by atoms with Gasteiger partial charge in [-0.3, -0.25) is 4.79 Å². The first-order valence-electron chi connectivity index (χ1n) is 6.22. The van der Waals surface area contributed by atoms with Crippen molar-refractivity contribution in [1.82, 2.24) is 9.97 Å². The average Bonchev–Trinajstić information content (AvgIpc) is 2.32. The molecule has 0 saturated carbocycles. The molecule has 0 spiro atoms. The Hall–Kier alpha value is -1.16. The van der Waals surface area contributed by atoms with E-state index in [4.69, 9.17) is 4.74 Å². The summed E-state index contributed by atoms with van der Waals surface area (Å²) in [5, 5.41) is 0. The number of hydrogen-bond acceptors (Lipinski definition) is 3. The lowest BCUT2D eigenvalue weighted by atomic mass is 9.95. The maximum Gasteiger partial charge on any atom is 0.254 e. The number of aromatic nitrogens is 2. The second-order valence-electron chi connectivity index (χ2n) is 4.26. The molecular formula is C13H22N2O2. The molecule has 1 aromatic heterocycles. The molecule has 0 unspecified atom stereocenters. The number of rotatable bonds is 5. The average molecular weight is 238 g/mol. The summed E-state index contributed by atoms with van der Waals surface area (Å²) >= 11 is 0. The number of nitrogens with one attached hydrogen (secondary N) is 1. The van der Waals surface area contributed by atoms with Gasteiger partial charge < -0.3 is 9.72 Å². The van der Waals surface area contributed by atoms with Crippen molar-refractivity contribution < 1.29 is 4.74 Å². The fourth-order valence-corrected chi connectivity index (χ4v) is 1.99. The molecule has 0 radical (unpaired) electrons. The minimum Gasteiger partial charge on any atom is -0.367 e. The predicted octanol–water partition coefficient (Wildman–Crippen LogP) is 2.44. The van der Waals surface area contributed by atoms with E-state index in [0.717, 1.165) is 18.5 Å². The van der Waals surface area contributed by atoms with E-state index in [9.17, 15) is 4.79 Å². The fourth-order valence-electron chi connectivity index (χ4n) is 1.99. The monoisotopic (exact) mass is 238 g/mol. The van der Waals surface area contributed by atoms with Crippen LogP contribution in [0.25, 0.3) is 0 Å². The number of nitrogens with zero attached hydrogens (tertiary/aromatic N) is 1. The first-order valence-corrected chi connectivity index (χ1v) is 6.22. The Morgan fingerprint density at radius 3 is 2.24 bits per heavy atom. The summed E-state index contributed by atoms with van der Waals surface area (Å²) in [6.45, 7) is 10.3. The first-order chi connectivity index (χ1) is 8.00. The Bertz CT molecular complexity index is 434. The fraction of sp³-hybridized carbons (Fsp3) is 0.692. The van der Waals surface area contributed by atoms with Crippen molar-refractivity contribution >= 4 is 0 Å². The summed E-state index contributed by atoms with van der Waals surface area (Å²) in [7, 11) is 0. The Morgan fingerprint density at radius 2 is 1.82 bits per heavy atom. The van der Waals surface area contributed by atoms with Crippen LogP contribution in [0.15, 0.2) is 4.79 Å². The van der Waals surface area contributed by atoms with Gasteiger partial charge >= 0.3 is 0 Å². The van der Waals surface area contributed by atoms with E-state index in [0.29, 0.717) is 18.0 Å². The van der Waals surface area contributed by atoms with Gasteiger partial charge in [0.2, 0.25) is 0 Å². The number of hydrogen-bond donors (Lipinski definition) is 1.